The number of aromatic nitrogens is 1. The Balaban J connectivity index is 1.20. The molecule has 0 spiro atoms. The highest BCUT2D eigenvalue weighted by Gasteiger charge is 2.29. The zero-order valence-electron chi connectivity index (χ0n) is 17.0. The van der Waals surface area contributed by atoms with Crippen LogP contribution in [0.25, 0.3) is 11.3 Å². The second-order valence-corrected chi connectivity index (χ2v) is 10.2. The summed E-state index contributed by atoms with van der Waals surface area (Å²) in [6.45, 7) is 0.491. The van der Waals surface area contributed by atoms with Crippen molar-refractivity contribution in [1.82, 2.24) is 9.71 Å². The molecule has 32 heavy (non-hydrogen) atoms. The highest BCUT2D eigenvalue weighted by atomic mass is 35.5. The third-order valence-corrected chi connectivity index (χ3v) is 7.29. The second kappa shape index (κ2) is 9.81. The number of unbranched alkanes of at least 4 members (excludes halogenated alkanes) is 2. The van der Waals surface area contributed by atoms with E-state index in [0.29, 0.717) is 40.9 Å². The van der Waals surface area contributed by atoms with Gasteiger partial charge in [0, 0.05) is 34.5 Å². The van der Waals surface area contributed by atoms with Crippen molar-refractivity contribution in [2.75, 3.05) is 11.9 Å². The first-order valence-corrected chi connectivity index (χ1v) is 12.8. The smallest absolute Gasteiger partial charge is 0.263 e. The molecule has 0 bridgehead atoms. The Labute approximate surface area is 195 Å². The fraction of sp³-hybridized carbons (Fsp3) is 0.227. The molecule has 0 fully saturated rings. The Morgan fingerprint density at radius 3 is 2.69 bits per heavy atom. The van der Waals surface area contributed by atoms with Crippen molar-refractivity contribution < 1.29 is 13.2 Å². The standard InChI is InChI=1S/C22H21ClN4O3S2/c23-16-11-9-15(10-12-16)18-14-31-22(25-18)26-20(28)8-2-1-5-13-24-21-17-6-3-4-7-19(17)32(29,30)27-21/h3-4,6-7,9-12,14H,1-2,5,8,13H2,(H,24,27)(H,25,26,28). The number of hydrogen-bond acceptors (Lipinski definition) is 6. The third-order valence-electron chi connectivity index (χ3n) is 4.89. The van der Waals surface area contributed by atoms with Crippen LogP contribution in [0.3, 0.4) is 0 Å². The van der Waals surface area contributed by atoms with Gasteiger partial charge in [-0.25, -0.2) is 13.4 Å². The fourth-order valence-electron chi connectivity index (χ4n) is 3.28. The van der Waals surface area contributed by atoms with Gasteiger partial charge in [0.15, 0.2) is 5.13 Å². The summed E-state index contributed by atoms with van der Waals surface area (Å²) in [5.74, 6) is 0.310. The average molecular weight is 489 g/mol. The van der Waals surface area contributed by atoms with Crippen molar-refractivity contribution in [3.05, 3.63) is 64.5 Å². The van der Waals surface area contributed by atoms with Crippen molar-refractivity contribution in [2.24, 2.45) is 4.99 Å². The summed E-state index contributed by atoms with van der Waals surface area (Å²) in [5.41, 5.74) is 2.35. The molecule has 4 rings (SSSR count). The molecule has 166 valence electrons. The van der Waals surface area contributed by atoms with Gasteiger partial charge in [0.2, 0.25) is 5.91 Å². The number of nitrogens with zero attached hydrogens (tertiary/aromatic N) is 2. The Morgan fingerprint density at radius 1 is 1.09 bits per heavy atom. The van der Waals surface area contributed by atoms with E-state index in [0.717, 1.165) is 24.1 Å². The number of carbonyl (C=O) groups is 1. The third kappa shape index (κ3) is 5.35. The Morgan fingerprint density at radius 2 is 1.88 bits per heavy atom. The van der Waals surface area contributed by atoms with Crippen molar-refractivity contribution in [3.63, 3.8) is 0 Å². The number of aliphatic imine (C=N–C) groups is 1. The van der Waals surface area contributed by atoms with Crippen molar-refractivity contribution in [1.29, 1.82) is 0 Å². The molecule has 7 nitrogen and oxygen atoms in total. The van der Waals surface area contributed by atoms with Crippen molar-refractivity contribution >= 4 is 49.8 Å². The summed E-state index contributed by atoms with van der Waals surface area (Å²) in [7, 11) is -3.51. The van der Waals surface area contributed by atoms with E-state index in [1.54, 1.807) is 36.4 Å². The molecule has 0 aliphatic carbocycles. The van der Waals surface area contributed by atoms with Crippen LogP contribution in [0.1, 0.15) is 31.2 Å². The molecule has 1 aliphatic heterocycles. The van der Waals surface area contributed by atoms with E-state index in [1.807, 2.05) is 17.5 Å². The van der Waals surface area contributed by atoms with Crippen LogP contribution < -0.4 is 10.0 Å². The van der Waals surface area contributed by atoms with Crippen LogP contribution in [0.15, 0.2) is 63.8 Å². The normalized spacial score (nSPS) is 15.3. The lowest BCUT2D eigenvalue weighted by Crippen LogP contribution is -2.22. The van der Waals surface area contributed by atoms with E-state index in [-0.39, 0.29) is 10.8 Å². The van der Waals surface area contributed by atoms with E-state index in [1.165, 1.54) is 11.3 Å². The van der Waals surface area contributed by atoms with Crippen LogP contribution >= 0.6 is 22.9 Å². The summed E-state index contributed by atoms with van der Waals surface area (Å²) in [6, 6.07) is 14.2. The first-order chi connectivity index (χ1) is 15.4. The van der Waals surface area contributed by atoms with Gasteiger partial charge in [-0.1, -0.05) is 42.3 Å². The first kappa shape index (κ1) is 22.4. The van der Waals surface area contributed by atoms with Crippen molar-refractivity contribution in [2.45, 2.75) is 30.6 Å². The maximum atomic E-state index is 12.2. The largest absolute Gasteiger partial charge is 0.302 e. The van der Waals surface area contributed by atoms with Gasteiger partial charge in [-0.3, -0.25) is 14.5 Å². The number of amidine groups is 1. The van der Waals surface area contributed by atoms with Gasteiger partial charge in [0.1, 0.15) is 5.84 Å². The maximum absolute atomic E-state index is 12.2. The molecule has 2 N–H and O–H groups in total. The predicted molar refractivity (Wildman–Crippen MR) is 128 cm³/mol. The van der Waals surface area contributed by atoms with Crippen LogP contribution in [0.4, 0.5) is 5.13 Å². The molecule has 0 saturated heterocycles. The van der Waals surface area contributed by atoms with Gasteiger partial charge in [-0.05, 0) is 37.1 Å². The minimum atomic E-state index is -3.51. The summed E-state index contributed by atoms with van der Waals surface area (Å²) >= 11 is 7.29. The topological polar surface area (TPSA) is 101 Å². The number of thiazole rings is 1. The fourth-order valence-corrected chi connectivity index (χ4v) is 5.40. The molecular weight excluding hydrogens is 468 g/mol. The monoisotopic (exact) mass is 488 g/mol. The van der Waals surface area contributed by atoms with Gasteiger partial charge in [0.25, 0.3) is 10.0 Å². The first-order valence-electron chi connectivity index (χ1n) is 10.1. The summed E-state index contributed by atoms with van der Waals surface area (Å²) in [5, 5.41) is 5.97. The molecule has 3 aromatic rings. The zero-order chi connectivity index (χ0) is 22.6. The minimum absolute atomic E-state index is 0.0780. The second-order valence-electron chi connectivity index (χ2n) is 7.24. The van der Waals surface area contributed by atoms with Crippen LogP contribution in [-0.2, 0) is 14.8 Å². The quantitative estimate of drug-likeness (QED) is 0.449. The molecule has 1 aromatic heterocycles. The highest BCUT2D eigenvalue weighted by molar-refractivity contribution is 7.90. The summed E-state index contributed by atoms with van der Waals surface area (Å²) < 4.78 is 26.6. The Kier molecular flexibility index (Phi) is 6.88. The number of carbonyl (C=O) groups excluding carboxylic acids is 1. The van der Waals surface area contributed by atoms with E-state index in [4.69, 9.17) is 11.6 Å². The molecule has 1 aliphatic rings. The number of anilines is 1. The lowest BCUT2D eigenvalue weighted by Gasteiger charge is -2.02. The summed E-state index contributed by atoms with van der Waals surface area (Å²) in [6.07, 6.45) is 2.68. The SMILES string of the molecule is O=C(CCCCCN=C1NS(=O)(=O)c2ccccc21)Nc1nc(-c2ccc(Cl)cc2)cs1. The molecule has 0 radical (unpaired) electrons. The van der Waals surface area contributed by atoms with Gasteiger partial charge in [-0.2, -0.15) is 0 Å². The number of rotatable bonds is 8. The number of amides is 1. The number of fused-ring (bicyclic) bond motifs is 1. The van der Waals surface area contributed by atoms with Crippen molar-refractivity contribution in [3.8, 4) is 11.3 Å². The molecule has 0 atom stereocenters. The summed E-state index contributed by atoms with van der Waals surface area (Å²) in [4.78, 5) is 21.3. The molecule has 10 heteroatoms. The van der Waals surface area contributed by atoms with Crippen LogP contribution in [0, 0.1) is 0 Å². The Hall–Kier alpha value is -2.75. The number of hydrogen-bond donors (Lipinski definition) is 2. The number of benzene rings is 2. The van der Waals surface area contributed by atoms with E-state index in [2.05, 4.69) is 20.0 Å². The van der Waals surface area contributed by atoms with Gasteiger partial charge < -0.3 is 5.32 Å². The predicted octanol–water partition coefficient (Wildman–Crippen LogP) is 4.70. The molecule has 0 saturated carbocycles. The molecule has 1 amide bonds. The zero-order valence-corrected chi connectivity index (χ0v) is 19.4. The van der Waals surface area contributed by atoms with Crippen LogP contribution in [0.2, 0.25) is 5.02 Å². The number of sulfonamides is 1. The molecule has 0 unspecified atom stereocenters. The van der Waals surface area contributed by atoms with Crippen LogP contribution in [0.5, 0.6) is 0 Å². The number of nitrogens with one attached hydrogen (secondary N) is 2. The lowest BCUT2D eigenvalue weighted by molar-refractivity contribution is -0.116. The van der Waals surface area contributed by atoms with Crippen LogP contribution in [-0.4, -0.2) is 31.7 Å². The minimum Gasteiger partial charge on any atom is -0.302 e. The van der Waals surface area contributed by atoms with Gasteiger partial charge in [0.05, 0.1) is 10.6 Å². The van der Waals surface area contributed by atoms with E-state index in [9.17, 15) is 13.2 Å². The average Bonchev–Trinajstić information content (AvgIpc) is 3.33. The maximum Gasteiger partial charge on any atom is 0.263 e. The highest BCUT2D eigenvalue weighted by Crippen LogP contribution is 2.26. The van der Waals surface area contributed by atoms with E-state index < -0.39 is 10.0 Å². The lowest BCUT2D eigenvalue weighted by atomic mass is 10.2. The van der Waals surface area contributed by atoms with Gasteiger partial charge in [-0.15, -0.1) is 11.3 Å². The van der Waals surface area contributed by atoms with E-state index >= 15 is 0 Å². The Bertz CT molecular complexity index is 1250. The van der Waals surface area contributed by atoms with Gasteiger partial charge >= 0.3 is 0 Å². The number of halogens is 1. The molecule has 2 aromatic carbocycles. The molecule has 2 heterocycles. The molecular formula is C22H21ClN4O3S2.